The van der Waals surface area contributed by atoms with Gasteiger partial charge in [0.1, 0.15) is 0 Å². The number of nitrogens with zero attached hydrogens (tertiary/aromatic N) is 1. The van der Waals surface area contributed by atoms with E-state index in [1.165, 1.54) is 0 Å². The molecule has 0 rings (SSSR count). The van der Waals surface area contributed by atoms with Crippen molar-refractivity contribution in [2.45, 2.75) is 53.5 Å². The molecular weight excluding hydrogens is 224 g/mol. The van der Waals surface area contributed by atoms with Crippen LogP contribution >= 0.6 is 0 Å². The molecule has 0 aliphatic rings. The van der Waals surface area contributed by atoms with Crippen LogP contribution in [0.25, 0.3) is 0 Å². The third kappa shape index (κ3) is 9.86. The summed E-state index contributed by atoms with van der Waals surface area (Å²) >= 11 is 0. The maximum atomic E-state index is 7.08. The predicted molar refractivity (Wildman–Crippen MR) is 78.7 cm³/mol. The van der Waals surface area contributed by atoms with Crippen molar-refractivity contribution in [1.82, 2.24) is 10.6 Å². The molecule has 0 heterocycles. The Kier molecular flexibility index (Phi) is 10.7. The molecule has 3 nitrogen and oxygen atoms in total. The first-order valence-electron chi connectivity index (χ1n) is 7.43. The highest BCUT2D eigenvalue weighted by molar-refractivity contribution is 4.69. The van der Waals surface area contributed by atoms with Crippen LogP contribution in [0.3, 0.4) is 0 Å². The summed E-state index contributed by atoms with van der Waals surface area (Å²) < 4.78 is 5.72. The maximum absolute atomic E-state index is 7.08. The zero-order chi connectivity index (χ0) is 14.0. The summed E-state index contributed by atoms with van der Waals surface area (Å²) in [6, 6.07) is 0.491. The van der Waals surface area contributed by atoms with Gasteiger partial charge < -0.3 is 4.74 Å². The molecule has 0 fully saturated rings. The Hall–Kier alpha value is -0.120. The van der Waals surface area contributed by atoms with Gasteiger partial charge in [0, 0.05) is 32.3 Å². The largest absolute Gasteiger partial charge is 0.380 e. The fourth-order valence-corrected chi connectivity index (χ4v) is 2.06. The second-order valence-corrected chi connectivity index (χ2v) is 6.12. The molecule has 0 aliphatic carbocycles. The van der Waals surface area contributed by atoms with Crippen LogP contribution in [-0.4, -0.2) is 43.8 Å². The van der Waals surface area contributed by atoms with Gasteiger partial charge in [0.2, 0.25) is 0 Å². The van der Waals surface area contributed by atoms with Gasteiger partial charge in [-0.25, -0.2) is 0 Å². The van der Waals surface area contributed by atoms with Crippen molar-refractivity contribution >= 4 is 0 Å². The Bertz CT molecular complexity index is 173. The average molecular weight is 257 g/mol. The number of nitrogens with one attached hydrogen (secondary N) is 1. The van der Waals surface area contributed by atoms with Crippen molar-refractivity contribution in [1.29, 1.82) is 0 Å². The van der Waals surface area contributed by atoms with Crippen molar-refractivity contribution in [2.75, 3.05) is 32.8 Å². The summed E-state index contributed by atoms with van der Waals surface area (Å²) in [5.41, 5.74) is 7.08. The third-order valence-corrected chi connectivity index (χ3v) is 2.90. The van der Waals surface area contributed by atoms with E-state index in [0.29, 0.717) is 24.4 Å². The topological polar surface area (TPSA) is 36.3 Å². The highest BCUT2D eigenvalue weighted by Gasteiger charge is 2.16. The van der Waals surface area contributed by atoms with Crippen molar-refractivity contribution in [3.63, 3.8) is 0 Å². The normalized spacial score (nSPS) is 13.8. The van der Waals surface area contributed by atoms with Crippen molar-refractivity contribution < 1.29 is 4.74 Å². The van der Waals surface area contributed by atoms with Gasteiger partial charge in [0.05, 0.1) is 6.61 Å². The van der Waals surface area contributed by atoms with Crippen LogP contribution in [0, 0.1) is 11.8 Å². The molecule has 3 heteroatoms. The minimum Gasteiger partial charge on any atom is -0.380 e. The molecule has 0 spiro atoms. The standard InChI is InChI=1S/C15H33N2O/c1-13(2)10-17(11-14(3)4)15(5)12-18-9-7-6-8-16/h13-16H,6-12H2,1-5H3. The Balaban J connectivity index is 3.92. The van der Waals surface area contributed by atoms with E-state index in [1.807, 2.05) is 0 Å². The summed E-state index contributed by atoms with van der Waals surface area (Å²) in [4.78, 5) is 2.54. The lowest BCUT2D eigenvalue weighted by Crippen LogP contribution is -2.41. The van der Waals surface area contributed by atoms with Crippen LogP contribution in [0.15, 0.2) is 0 Å². The van der Waals surface area contributed by atoms with Crippen LogP contribution < -0.4 is 5.73 Å². The molecule has 1 N–H and O–H groups in total. The lowest BCUT2D eigenvalue weighted by atomic mass is 10.1. The van der Waals surface area contributed by atoms with Crippen molar-refractivity contribution in [2.24, 2.45) is 11.8 Å². The highest BCUT2D eigenvalue weighted by Crippen LogP contribution is 2.09. The molecule has 1 unspecified atom stereocenters. The Morgan fingerprint density at radius 2 is 1.50 bits per heavy atom. The third-order valence-electron chi connectivity index (χ3n) is 2.90. The minimum absolute atomic E-state index is 0.491. The zero-order valence-corrected chi connectivity index (χ0v) is 13.0. The van der Waals surface area contributed by atoms with E-state index >= 15 is 0 Å². The van der Waals surface area contributed by atoms with E-state index in [1.54, 1.807) is 0 Å². The average Bonchev–Trinajstić information content (AvgIpc) is 2.26. The van der Waals surface area contributed by atoms with Gasteiger partial charge in [-0.15, -0.1) is 0 Å². The summed E-state index contributed by atoms with van der Waals surface area (Å²) in [7, 11) is 0. The van der Waals surface area contributed by atoms with Gasteiger partial charge in [-0.1, -0.05) is 27.7 Å². The first-order valence-corrected chi connectivity index (χ1v) is 7.43. The van der Waals surface area contributed by atoms with Gasteiger partial charge in [-0.05, 0) is 31.6 Å². The smallest absolute Gasteiger partial charge is 0.0619 e. The fraction of sp³-hybridized carbons (Fsp3) is 1.00. The summed E-state index contributed by atoms with van der Waals surface area (Å²) in [6.07, 6.45) is 1.97. The molecule has 0 bridgehead atoms. The van der Waals surface area contributed by atoms with Crippen LogP contribution in [0.2, 0.25) is 0 Å². The van der Waals surface area contributed by atoms with E-state index in [4.69, 9.17) is 10.5 Å². The number of ether oxygens (including phenoxy) is 1. The molecule has 0 aromatic rings. The molecule has 0 saturated carbocycles. The molecule has 0 amide bonds. The first kappa shape index (κ1) is 17.9. The summed E-state index contributed by atoms with van der Waals surface area (Å²) in [5.74, 6) is 1.41. The van der Waals surface area contributed by atoms with E-state index in [0.717, 1.165) is 39.1 Å². The molecular formula is C15H33N2O. The predicted octanol–water partition coefficient (Wildman–Crippen LogP) is 3.07. The molecule has 0 aromatic heterocycles. The zero-order valence-electron chi connectivity index (χ0n) is 13.0. The summed E-state index contributed by atoms with van der Waals surface area (Å²) in [6.45, 7) is 15.8. The molecule has 1 atom stereocenters. The molecule has 109 valence electrons. The van der Waals surface area contributed by atoms with Gasteiger partial charge in [-0.2, -0.15) is 0 Å². The van der Waals surface area contributed by atoms with Crippen LogP contribution in [0.5, 0.6) is 0 Å². The van der Waals surface area contributed by atoms with Crippen LogP contribution in [0.1, 0.15) is 47.5 Å². The maximum Gasteiger partial charge on any atom is 0.0619 e. The molecule has 0 aromatic carbocycles. The van der Waals surface area contributed by atoms with E-state index < -0.39 is 0 Å². The number of rotatable bonds is 11. The van der Waals surface area contributed by atoms with E-state index in [-0.39, 0.29) is 0 Å². The Morgan fingerprint density at radius 3 is 1.94 bits per heavy atom. The summed E-state index contributed by atoms with van der Waals surface area (Å²) in [5, 5.41) is 0. The number of unbranched alkanes of at least 4 members (excludes halogenated alkanes) is 1. The van der Waals surface area contributed by atoms with Gasteiger partial charge in [0.15, 0.2) is 0 Å². The van der Waals surface area contributed by atoms with Gasteiger partial charge in [0.25, 0.3) is 0 Å². The fourth-order valence-electron chi connectivity index (χ4n) is 2.06. The second kappa shape index (κ2) is 10.8. The van der Waals surface area contributed by atoms with Crippen LogP contribution in [0.4, 0.5) is 0 Å². The molecule has 0 aliphatic heterocycles. The molecule has 1 radical (unpaired) electrons. The van der Waals surface area contributed by atoms with Gasteiger partial charge in [-0.3, -0.25) is 10.6 Å². The van der Waals surface area contributed by atoms with E-state index in [2.05, 4.69) is 39.5 Å². The monoisotopic (exact) mass is 257 g/mol. The first-order chi connectivity index (χ1) is 8.47. The Morgan fingerprint density at radius 1 is 0.944 bits per heavy atom. The quantitative estimate of drug-likeness (QED) is 0.533. The minimum atomic E-state index is 0.491. The number of hydrogen-bond acceptors (Lipinski definition) is 2. The van der Waals surface area contributed by atoms with Gasteiger partial charge >= 0.3 is 0 Å². The Labute approximate surface area is 114 Å². The second-order valence-electron chi connectivity index (χ2n) is 6.12. The van der Waals surface area contributed by atoms with Crippen molar-refractivity contribution in [3.05, 3.63) is 0 Å². The lowest BCUT2D eigenvalue weighted by Gasteiger charge is -2.32. The SMILES string of the molecule is CC(C)CN(CC(C)C)C(C)COCCCC[NH]. The van der Waals surface area contributed by atoms with Crippen LogP contribution in [-0.2, 0) is 4.74 Å². The number of hydrogen-bond donors (Lipinski definition) is 0. The molecule has 18 heavy (non-hydrogen) atoms. The molecule has 0 saturated heterocycles. The highest BCUT2D eigenvalue weighted by atomic mass is 16.5. The van der Waals surface area contributed by atoms with E-state index in [9.17, 15) is 0 Å². The lowest BCUT2D eigenvalue weighted by molar-refractivity contribution is 0.0542. The van der Waals surface area contributed by atoms with Crippen molar-refractivity contribution in [3.8, 4) is 0 Å².